The molecule has 2 aromatic carbocycles. The smallest absolute Gasteiger partial charge is 0.263 e. The molecule has 0 unspecified atom stereocenters. The van der Waals surface area contributed by atoms with Crippen molar-refractivity contribution in [1.29, 1.82) is 0 Å². The molecular weight excluding hydrogens is 360 g/mol. The summed E-state index contributed by atoms with van der Waals surface area (Å²) in [6.45, 7) is 1.96. The van der Waals surface area contributed by atoms with Gasteiger partial charge in [0.25, 0.3) is 5.91 Å². The number of amides is 3. The highest BCUT2D eigenvalue weighted by molar-refractivity contribution is 8.16. The Morgan fingerprint density at radius 2 is 1.67 bits per heavy atom. The van der Waals surface area contributed by atoms with Crippen molar-refractivity contribution in [2.45, 2.75) is 24.6 Å². The third-order valence-electron chi connectivity index (χ3n) is 5.05. The Balaban J connectivity index is 1.56. The fourth-order valence-electron chi connectivity index (χ4n) is 3.44. The van der Waals surface area contributed by atoms with Gasteiger partial charge in [-0.3, -0.25) is 19.3 Å². The number of benzene rings is 2. The third-order valence-corrected chi connectivity index (χ3v) is 6.45. The van der Waals surface area contributed by atoms with Gasteiger partial charge in [0, 0.05) is 12.0 Å². The number of rotatable bonds is 4. The Kier molecular flexibility index (Phi) is 4.44. The van der Waals surface area contributed by atoms with E-state index >= 15 is 0 Å². The van der Waals surface area contributed by atoms with Crippen LogP contribution in [0.25, 0.3) is 0 Å². The van der Waals surface area contributed by atoms with Crippen LogP contribution in [0.1, 0.15) is 24.5 Å². The van der Waals surface area contributed by atoms with Crippen molar-refractivity contribution in [3.63, 3.8) is 0 Å². The van der Waals surface area contributed by atoms with Crippen LogP contribution in [-0.4, -0.2) is 32.4 Å². The monoisotopic (exact) mass is 378 g/mol. The van der Waals surface area contributed by atoms with Crippen molar-refractivity contribution in [3.8, 4) is 0 Å². The van der Waals surface area contributed by atoms with Crippen molar-refractivity contribution >= 4 is 34.5 Å². The van der Waals surface area contributed by atoms with Gasteiger partial charge in [0.05, 0.1) is 12.5 Å². The Morgan fingerprint density at radius 3 is 2.33 bits per heavy atom. The summed E-state index contributed by atoms with van der Waals surface area (Å²) in [7, 11) is 0. The van der Waals surface area contributed by atoms with E-state index in [1.165, 1.54) is 16.7 Å². The van der Waals surface area contributed by atoms with Gasteiger partial charge in [0.1, 0.15) is 9.79 Å². The molecule has 4 rings (SSSR count). The molecule has 27 heavy (non-hydrogen) atoms. The highest BCUT2D eigenvalue weighted by atomic mass is 32.2. The molecule has 0 saturated carbocycles. The Labute approximate surface area is 161 Å². The van der Waals surface area contributed by atoms with Gasteiger partial charge in [-0.1, -0.05) is 72.4 Å². The highest BCUT2D eigenvalue weighted by Crippen LogP contribution is 2.46. The highest BCUT2D eigenvalue weighted by Gasteiger charge is 2.56. The molecular formula is C21H18N2O3S. The molecule has 1 saturated heterocycles. The Hall–Kier alpha value is -2.73. The lowest BCUT2D eigenvalue weighted by Crippen LogP contribution is -2.41. The molecule has 2 aromatic rings. The van der Waals surface area contributed by atoms with E-state index in [0.717, 1.165) is 11.1 Å². The summed E-state index contributed by atoms with van der Waals surface area (Å²) >= 11 is 1.29. The molecule has 2 heterocycles. The number of carbonyl (C=O) groups excluding carboxylic acids is 3. The van der Waals surface area contributed by atoms with Crippen LogP contribution in [0.5, 0.6) is 0 Å². The Bertz CT molecular complexity index is 942. The van der Waals surface area contributed by atoms with Gasteiger partial charge in [0.2, 0.25) is 11.8 Å². The number of likely N-dealkylation sites (tertiary alicyclic amines) is 1. The summed E-state index contributed by atoms with van der Waals surface area (Å²) in [5.74, 6) is -1.58. The van der Waals surface area contributed by atoms with E-state index in [9.17, 15) is 14.4 Å². The van der Waals surface area contributed by atoms with Gasteiger partial charge in [-0.05, 0) is 12.5 Å². The van der Waals surface area contributed by atoms with Gasteiger partial charge < -0.3 is 0 Å². The molecule has 0 spiro atoms. The second-order valence-electron chi connectivity index (χ2n) is 6.86. The number of thioether (sulfide) groups is 1. The van der Waals surface area contributed by atoms with Crippen LogP contribution >= 0.6 is 11.8 Å². The Morgan fingerprint density at radius 1 is 1.04 bits per heavy atom. The number of nitrogens with zero attached hydrogens (tertiary/aromatic N) is 2. The van der Waals surface area contributed by atoms with Crippen LogP contribution in [0.3, 0.4) is 0 Å². The molecule has 2 aliphatic rings. The molecule has 0 N–H and O–H groups in total. The van der Waals surface area contributed by atoms with Gasteiger partial charge in [-0.2, -0.15) is 0 Å². The second kappa shape index (κ2) is 6.78. The molecule has 3 amide bonds. The summed E-state index contributed by atoms with van der Waals surface area (Å²) in [5, 5.41) is 0.602. The number of imide groups is 1. The minimum Gasteiger partial charge on any atom is -0.278 e. The molecule has 136 valence electrons. The van der Waals surface area contributed by atoms with Crippen LogP contribution in [0.15, 0.2) is 65.7 Å². The maximum absolute atomic E-state index is 13.0. The van der Waals surface area contributed by atoms with Crippen molar-refractivity contribution in [2.24, 2.45) is 10.9 Å². The van der Waals surface area contributed by atoms with Crippen molar-refractivity contribution in [2.75, 3.05) is 0 Å². The minimum atomic E-state index is -1.05. The predicted octanol–water partition coefficient (Wildman–Crippen LogP) is 3.04. The molecule has 0 radical (unpaired) electrons. The van der Waals surface area contributed by atoms with E-state index in [0.29, 0.717) is 5.04 Å². The SMILES string of the molecule is C[C@@]1([C@@H]2CC(=O)N(Cc3ccccc3)C2=O)SC(c2ccccc2)=NC1=O. The van der Waals surface area contributed by atoms with Crippen LogP contribution in [0, 0.1) is 5.92 Å². The molecule has 2 atom stereocenters. The fraction of sp³-hybridized carbons (Fsp3) is 0.238. The minimum absolute atomic E-state index is 0.0402. The lowest BCUT2D eigenvalue weighted by atomic mass is 9.91. The van der Waals surface area contributed by atoms with E-state index in [4.69, 9.17) is 0 Å². The van der Waals surface area contributed by atoms with Crippen LogP contribution in [0.2, 0.25) is 0 Å². The van der Waals surface area contributed by atoms with Gasteiger partial charge in [-0.25, -0.2) is 4.99 Å². The molecule has 1 fully saturated rings. The molecule has 5 nitrogen and oxygen atoms in total. The predicted molar refractivity (Wildman–Crippen MR) is 104 cm³/mol. The summed E-state index contributed by atoms with van der Waals surface area (Å²) in [5.41, 5.74) is 1.73. The number of hydrogen-bond donors (Lipinski definition) is 0. The van der Waals surface area contributed by atoms with Gasteiger partial charge in [-0.15, -0.1) is 0 Å². The summed E-state index contributed by atoms with van der Waals surface area (Å²) in [4.78, 5) is 43.6. The summed E-state index contributed by atoms with van der Waals surface area (Å²) in [6.07, 6.45) is 0.0402. The fourth-order valence-corrected chi connectivity index (χ4v) is 4.68. The van der Waals surface area contributed by atoms with Crippen LogP contribution in [0.4, 0.5) is 0 Å². The zero-order chi connectivity index (χ0) is 19.0. The first-order valence-corrected chi connectivity index (χ1v) is 9.56. The number of hydrogen-bond acceptors (Lipinski definition) is 4. The standard InChI is InChI=1S/C21H18N2O3S/c1-21(20(26)22-18(27-21)15-10-6-3-7-11-15)16-12-17(24)23(19(16)25)13-14-8-4-2-5-9-14/h2-11,16H,12-13H2,1H3/t16-,21+/m1/s1. The van der Waals surface area contributed by atoms with Crippen molar-refractivity contribution in [3.05, 3.63) is 71.8 Å². The van der Waals surface area contributed by atoms with E-state index in [1.807, 2.05) is 60.7 Å². The third kappa shape index (κ3) is 3.10. The average Bonchev–Trinajstić information content (AvgIpc) is 3.15. The largest absolute Gasteiger partial charge is 0.278 e. The molecule has 0 aliphatic carbocycles. The van der Waals surface area contributed by atoms with Crippen molar-refractivity contribution < 1.29 is 14.4 Å². The summed E-state index contributed by atoms with van der Waals surface area (Å²) < 4.78 is -1.05. The van der Waals surface area contributed by atoms with E-state index in [-0.39, 0.29) is 30.7 Å². The first-order valence-electron chi connectivity index (χ1n) is 8.75. The van der Waals surface area contributed by atoms with E-state index in [1.54, 1.807) is 6.92 Å². The molecule has 0 aromatic heterocycles. The second-order valence-corrected chi connectivity index (χ2v) is 8.30. The van der Waals surface area contributed by atoms with E-state index in [2.05, 4.69) is 4.99 Å². The number of aliphatic imine (C=N–C) groups is 1. The first kappa shape index (κ1) is 17.7. The molecule has 2 aliphatic heterocycles. The lowest BCUT2D eigenvalue weighted by molar-refractivity contribution is -0.141. The van der Waals surface area contributed by atoms with Crippen LogP contribution in [-0.2, 0) is 20.9 Å². The normalized spacial score (nSPS) is 25.2. The van der Waals surface area contributed by atoms with Crippen LogP contribution < -0.4 is 0 Å². The molecule has 0 bridgehead atoms. The maximum atomic E-state index is 13.0. The topological polar surface area (TPSA) is 66.8 Å². The lowest BCUT2D eigenvalue weighted by Gasteiger charge is -2.25. The quantitative estimate of drug-likeness (QED) is 0.767. The zero-order valence-electron chi connectivity index (χ0n) is 14.8. The van der Waals surface area contributed by atoms with E-state index < -0.39 is 10.7 Å². The van der Waals surface area contributed by atoms with Crippen molar-refractivity contribution in [1.82, 2.24) is 4.90 Å². The average molecular weight is 378 g/mol. The summed E-state index contributed by atoms with van der Waals surface area (Å²) in [6, 6.07) is 18.8. The maximum Gasteiger partial charge on any atom is 0.263 e. The van der Waals surface area contributed by atoms with Gasteiger partial charge in [0.15, 0.2) is 0 Å². The number of carbonyl (C=O) groups is 3. The zero-order valence-corrected chi connectivity index (χ0v) is 15.6. The first-order chi connectivity index (χ1) is 13.0. The van der Waals surface area contributed by atoms with Gasteiger partial charge >= 0.3 is 0 Å². The molecule has 6 heteroatoms.